The minimum atomic E-state index is -0.446. The van der Waals surface area contributed by atoms with Crippen LogP contribution in [0.3, 0.4) is 0 Å². The maximum Gasteiger partial charge on any atom is 0.251 e. The van der Waals surface area contributed by atoms with Crippen molar-refractivity contribution in [3.63, 3.8) is 0 Å². The lowest BCUT2D eigenvalue weighted by Crippen LogP contribution is -2.52. The van der Waals surface area contributed by atoms with E-state index in [1.807, 2.05) is 24.3 Å². The van der Waals surface area contributed by atoms with Crippen molar-refractivity contribution in [2.24, 2.45) is 5.92 Å². The van der Waals surface area contributed by atoms with E-state index >= 15 is 0 Å². The summed E-state index contributed by atoms with van der Waals surface area (Å²) in [5.41, 5.74) is 0.174. The van der Waals surface area contributed by atoms with Crippen molar-refractivity contribution in [1.82, 2.24) is 10.6 Å². The highest BCUT2D eigenvalue weighted by atomic mass is 16.5. The van der Waals surface area contributed by atoms with Crippen LogP contribution in [0.15, 0.2) is 24.3 Å². The van der Waals surface area contributed by atoms with Gasteiger partial charge in [-0.3, -0.25) is 4.79 Å². The highest BCUT2D eigenvalue weighted by Gasteiger charge is 2.33. The first kappa shape index (κ1) is 20.2. The molecular formula is C22H34N2O3. The number of benzene rings is 1. The molecule has 5 nitrogen and oxygen atoms in total. The van der Waals surface area contributed by atoms with Crippen LogP contribution >= 0.6 is 0 Å². The first-order valence-corrected chi connectivity index (χ1v) is 10.6. The van der Waals surface area contributed by atoms with Gasteiger partial charge in [-0.25, -0.2) is 0 Å². The van der Waals surface area contributed by atoms with E-state index in [2.05, 4.69) is 10.6 Å². The summed E-state index contributed by atoms with van der Waals surface area (Å²) in [5.74, 6) is 1.48. The molecule has 1 atom stereocenters. The zero-order valence-electron chi connectivity index (χ0n) is 16.3. The molecule has 1 aliphatic carbocycles. The van der Waals surface area contributed by atoms with E-state index in [0.717, 1.165) is 63.5 Å². The van der Waals surface area contributed by atoms with E-state index in [4.69, 9.17) is 4.74 Å². The predicted molar refractivity (Wildman–Crippen MR) is 107 cm³/mol. The number of hydrogen-bond donors (Lipinski definition) is 3. The first-order chi connectivity index (χ1) is 13.2. The summed E-state index contributed by atoms with van der Waals surface area (Å²) in [6, 6.07) is 7.35. The van der Waals surface area contributed by atoms with Crippen LogP contribution < -0.4 is 15.4 Å². The van der Waals surface area contributed by atoms with Gasteiger partial charge in [0.1, 0.15) is 5.75 Å². The van der Waals surface area contributed by atoms with Gasteiger partial charge in [0.25, 0.3) is 5.91 Å². The molecule has 1 saturated heterocycles. The molecule has 1 saturated carbocycles. The maximum atomic E-state index is 12.6. The molecule has 0 spiro atoms. The third-order valence-corrected chi connectivity index (χ3v) is 6.03. The highest BCUT2D eigenvalue weighted by Crippen LogP contribution is 2.28. The molecule has 1 aromatic carbocycles. The largest absolute Gasteiger partial charge is 0.494 e. The second kappa shape index (κ2) is 10.1. The van der Waals surface area contributed by atoms with Gasteiger partial charge in [-0.05, 0) is 81.8 Å². The fourth-order valence-electron chi connectivity index (χ4n) is 4.30. The van der Waals surface area contributed by atoms with Crippen LogP contribution in [0.4, 0.5) is 0 Å². The average Bonchev–Trinajstić information content (AvgIpc) is 2.73. The third-order valence-electron chi connectivity index (χ3n) is 6.03. The Morgan fingerprint density at radius 1 is 1.19 bits per heavy atom. The monoisotopic (exact) mass is 374 g/mol. The van der Waals surface area contributed by atoms with Crippen LogP contribution in [0.1, 0.15) is 68.1 Å². The van der Waals surface area contributed by atoms with Gasteiger partial charge < -0.3 is 20.5 Å². The van der Waals surface area contributed by atoms with Crippen LogP contribution in [-0.2, 0) is 0 Å². The number of nitrogens with one attached hydrogen (secondary N) is 2. The number of carbonyl (C=O) groups is 1. The van der Waals surface area contributed by atoms with Crippen LogP contribution in [0, 0.1) is 5.92 Å². The van der Waals surface area contributed by atoms with Crippen LogP contribution in [0.5, 0.6) is 5.75 Å². The zero-order chi connectivity index (χ0) is 19.0. The standard InChI is InChI=1S/C22H34N2O3/c25-17-22(12-2-1-3-13-22)24-21(26)19-8-10-20(11-9-19)27-15-5-7-18-6-4-14-23-16-18/h8-11,18,23,25H,1-7,12-17H2,(H,24,26). The number of carbonyl (C=O) groups excluding carboxylic acids is 1. The molecule has 27 heavy (non-hydrogen) atoms. The molecule has 1 heterocycles. The number of aliphatic hydroxyl groups is 1. The van der Waals surface area contributed by atoms with Gasteiger partial charge in [-0.15, -0.1) is 0 Å². The van der Waals surface area contributed by atoms with E-state index in [-0.39, 0.29) is 12.5 Å². The summed E-state index contributed by atoms with van der Waals surface area (Å²) >= 11 is 0. The normalized spacial score (nSPS) is 22.2. The number of piperidine rings is 1. The number of hydrogen-bond acceptors (Lipinski definition) is 4. The molecule has 0 radical (unpaired) electrons. The molecule has 3 rings (SSSR count). The van der Waals surface area contributed by atoms with Crippen molar-refractivity contribution in [1.29, 1.82) is 0 Å². The quantitative estimate of drug-likeness (QED) is 0.611. The molecule has 2 fully saturated rings. The first-order valence-electron chi connectivity index (χ1n) is 10.6. The Morgan fingerprint density at radius 2 is 1.96 bits per heavy atom. The SMILES string of the molecule is O=C(NC1(CO)CCCCC1)c1ccc(OCCCC2CCCNC2)cc1. The fourth-order valence-corrected chi connectivity index (χ4v) is 4.30. The summed E-state index contributed by atoms with van der Waals surface area (Å²) < 4.78 is 5.83. The molecule has 3 N–H and O–H groups in total. The van der Waals surface area contributed by atoms with Crippen molar-refractivity contribution in [2.45, 2.75) is 63.3 Å². The Kier molecular flexibility index (Phi) is 7.53. The highest BCUT2D eigenvalue weighted by molar-refractivity contribution is 5.94. The minimum Gasteiger partial charge on any atom is -0.494 e. The Labute approximate surface area is 162 Å². The molecule has 1 aromatic rings. The van der Waals surface area contributed by atoms with Gasteiger partial charge in [-0.2, -0.15) is 0 Å². The van der Waals surface area contributed by atoms with Gasteiger partial charge in [0.05, 0.1) is 18.8 Å². The number of ether oxygens (including phenoxy) is 1. The predicted octanol–water partition coefficient (Wildman–Crippen LogP) is 3.27. The van der Waals surface area contributed by atoms with Gasteiger partial charge in [0, 0.05) is 5.56 Å². The molecule has 0 aromatic heterocycles. The minimum absolute atomic E-state index is 0.0104. The molecule has 150 valence electrons. The summed E-state index contributed by atoms with van der Waals surface area (Å²) in [5, 5.41) is 16.3. The van der Waals surface area contributed by atoms with E-state index < -0.39 is 5.54 Å². The van der Waals surface area contributed by atoms with Gasteiger partial charge >= 0.3 is 0 Å². The smallest absolute Gasteiger partial charge is 0.251 e. The number of amides is 1. The Bertz CT molecular complexity index is 576. The van der Waals surface area contributed by atoms with Crippen molar-refractivity contribution in [2.75, 3.05) is 26.3 Å². The molecule has 1 amide bonds. The molecule has 1 unspecified atom stereocenters. The van der Waals surface area contributed by atoms with Crippen molar-refractivity contribution in [3.05, 3.63) is 29.8 Å². The van der Waals surface area contributed by atoms with E-state index in [1.165, 1.54) is 25.7 Å². The van der Waals surface area contributed by atoms with Crippen LogP contribution in [0.25, 0.3) is 0 Å². The summed E-state index contributed by atoms with van der Waals surface area (Å²) in [4.78, 5) is 12.6. The molecule has 0 bridgehead atoms. The molecule has 1 aliphatic heterocycles. The van der Waals surface area contributed by atoms with Crippen molar-refractivity contribution >= 4 is 5.91 Å². The van der Waals surface area contributed by atoms with Crippen LogP contribution in [0.2, 0.25) is 0 Å². The van der Waals surface area contributed by atoms with Crippen molar-refractivity contribution < 1.29 is 14.6 Å². The topological polar surface area (TPSA) is 70.6 Å². The maximum absolute atomic E-state index is 12.6. The van der Waals surface area contributed by atoms with E-state index in [0.29, 0.717) is 5.56 Å². The summed E-state index contributed by atoms with van der Waals surface area (Å²) in [6.45, 7) is 3.03. The Morgan fingerprint density at radius 3 is 2.63 bits per heavy atom. The Balaban J connectivity index is 1.42. The van der Waals surface area contributed by atoms with Gasteiger partial charge in [0.2, 0.25) is 0 Å². The number of aliphatic hydroxyl groups excluding tert-OH is 1. The lowest BCUT2D eigenvalue weighted by Gasteiger charge is -2.36. The molecular weight excluding hydrogens is 340 g/mol. The lowest BCUT2D eigenvalue weighted by molar-refractivity contribution is 0.0758. The average molecular weight is 375 g/mol. The molecule has 5 heteroatoms. The van der Waals surface area contributed by atoms with Gasteiger partial charge in [0.15, 0.2) is 0 Å². The second-order valence-corrected chi connectivity index (χ2v) is 8.18. The molecule has 2 aliphatic rings. The summed E-state index contributed by atoms with van der Waals surface area (Å²) in [7, 11) is 0. The van der Waals surface area contributed by atoms with E-state index in [9.17, 15) is 9.90 Å². The van der Waals surface area contributed by atoms with Crippen LogP contribution in [-0.4, -0.2) is 42.9 Å². The Hall–Kier alpha value is -1.59. The van der Waals surface area contributed by atoms with Crippen molar-refractivity contribution in [3.8, 4) is 5.75 Å². The summed E-state index contributed by atoms with van der Waals surface area (Å²) in [6.07, 6.45) is 9.89. The van der Waals surface area contributed by atoms with E-state index in [1.54, 1.807) is 0 Å². The second-order valence-electron chi connectivity index (χ2n) is 8.18. The van der Waals surface area contributed by atoms with Gasteiger partial charge in [-0.1, -0.05) is 19.3 Å². The zero-order valence-corrected chi connectivity index (χ0v) is 16.3. The third kappa shape index (κ3) is 5.94. The fraction of sp³-hybridized carbons (Fsp3) is 0.682. The number of rotatable bonds is 8. The lowest BCUT2D eigenvalue weighted by atomic mass is 9.82.